The molecule has 0 aromatic carbocycles. The predicted octanol–water partition coefficient (Wildman–Crippen LogP) is -1.06. The van der Waals surface area contributed by atoms with Crippen molar-refractivity contribution in [1.82, 2.24) is 4.98 Å². The number of nitrogens with one attached hydrogen (secondary N) is 1. The van der Waals surface area contributed by atoms with Gasteiger partial charge in [0, 0.05) is 6.07 Å². The lowest BCUT2D eigenvalue weighted by Gasteiger charge is -2.07. The molecule has 0 saturated carbocycles. The lowest BCUT2D eigenvalue weighted by molar-refractivity contribution is -0.770. The maximum atomic E-state index is 11.5. The van der Waals surface area contributed by atoms with Gasteiger partial charge in [-0.2, -0.15) is 27.8 Å². The summed E-state index contributed by atoms with van der Waals surface area (Å²) in [5.41, 5.74) is 4.87. The zero-order valence-electron chi connectivity index (χ0n) is 8.42. The molecule has 1 aliphatic heterocycles. The fraction of sp³-hybridized carbons (Fsp3) is 0.500. The maximum absolute atomic E-state index is 11.5. The van der Waals surface area contributed by atoms with Gasteiger partial charge in [0.1, 0.15) is 11.6 Å². The number of H-pyrrole nitrogens is 1. The van der Waals surface area contributed by atoms with Gasteiger partial charge in [-0.25, -0.2) is 0 Å². The molecular weight excluding hydrogens is 250 g/mol. The Morgan fingerprint density at radius 2 is 2.50 bits per heavy atom. The summed E-state index contributed by atoms with van der Waals surface area (Å²) in [5, 5.41) is 8.88. The van der Waals surface area contributed by atoms with Crippen molar-refractivity contribution in [3.8, 4) is 0 Å². The van der Waals surface area contributed by atoms with Crippen LogP contribution in [0.25, 0.3) is 0 Å². The molecular formula is C8H14N3O3S2+. The van der Waals surface area contributed by atoms with Crippen molar-refractivity contribution in [2.45, 2.75) is 11.7 Å². The van der Waals surface area contributed by atoms with E-state index in [0.717, 1.165) is 0 Å². The number of nitrogen functional groups attached to an aromatic ring is 1. The zero-order valence-corrected chi connectivity index (χ0v) is 10.2. The topological polar surface area (TPSA) is 92.2 Å². The molecule has 1 aromatic heterocycles. The van der Waals surface area contributed by atoms with Crippen molar-refractivity contribution in [3.63, 3.8) is 0 Å². The quantitative estimate of drug-likeness (QED) is 0.592. The molecule has 4 N–H and O–H groups in total. The highest BCUT2D eigenvalue weighted by Gasteiger charge is 2.31. The molecule has 1 fully saturated rings. The minimum Gasteiger partial charge on any atom is -0.393 e. The van der Waals surface area contributed by atoms with E-state index in [4.69, 9.17) is 15.6 Å². The van der Waals surface area contributed by atoms with Crippen LogP contribution in [0, 0.1) is 0 Å². The smallest absolute Gasteiger partial charge is 0.393 e. The third-order valence-corrected chi connectivity index (χ3v) is 3.20. The predicted molar refractivity (Wildman–Crippen MR) is 65.5 cm³/mol. The van der Waals surface area contributed by atoms with E-state index in [2.05, 4.69) is 4.98 Å². The Bertz CT molecular complexity index is 412. The average molecular weight is 264 g/mol. The highest BCUT2D eigenvalue weighted by Crippen LogP contribution is 2.27. The van der Waals surface area contributed by atoms with E-state index in [1.165, 1.54) is 16.3 Å². The van der Waals surface area contributed by atoms with E-state index in [-0.39, 0.29) is 37.5 Å². The van der Waals surface area contributed by atoms with Gasteiger partial charge in [0.15, 0.2) is 5.82 Å². The minimum absolute atomic E-state index is 0. The van der Waals surface area contributed by atoms with Crippen molar-refractivity contribution in [2.75, 3.05) is 18.1 Å². The third kappa shape index (κ3) is 2.70. The number of aliphatic hydroxyl groups is 1. The van der Waals surface area contributed by atoms with Gasteiger partial charge in [-0.3, -0.25) is 0 Å². The van der Waals surface area contributed by atoms with E-state index in [1.54, 1.807) is 12.3 Å². The van der Waals surface area contributed by atoms with Crippen molar-refractivity contribution in [2.24, 2.45) is 0 Å². The van der Waals surface area contributed by atoms with Crippen LogP contribution in [0.15, 0.2) is 17.1 Å². The summed E-state index contributed by atoms with van der Waals surface area (Å²) in [6.45, 7) is -0.0470. The normalized spacial score (nSPS) is 24.1. The van der Waals surface area contributed by atoms with Crippen LogP contribution in [0.3, 0.4) is 0 Å². The van der Waals surface area contributed by atoms with Gasteiger partial charge in [0.05, 0.1) is 12.4 Å². The first kappa shape index (κ1) is 13.4. The van der Waals surface area contributed by atoms with Crippen molar-refractivity contribution < 1.29 is 14.4 Å². The number of ether oxygens (including phenoxy) is 1. The van der Waals surface area contributed by atoms with Crippen LogP contribution < -0.4 is 16.0 Å². The number of hydrogen-bond acceptors (Lipinski definition) is 5. The molecule has 1 aromatic rings. The Morgan fingerprint density at radius 3 is 3.06 bits per heavy atom. The molecule has 0 radical (unpaired) electrons. The van der Waals surface area contributed by atoms with Gasteiger partial charge < -0.3 is 15.6 Å². The Balaban J connectivity index is 0.00000128. The molecule has 0 aliphatic carbocycles. The summed E-state index contributed by atoms with van der Waals surface area (Å²) < 4.78 is 6.86. The number of thioether (sulfide) groups is 1. The molecule has 2 atom stereocenters. The number of anilines is 1. The number of hydrogen-bond donors (Lipinski definition) is 3. The molecule has 2 heterocycles. The van der Waals surface area contributed by atoms with Crippen molar-refractivity contribution >= 4 is 31.1 Å². The first-order valence-corrected chi connectivity index (χ1v) is 5.53. The van der Waals surface area contributed by atoms with Gasteiger partial charge in [-0.05, 0) is 0 Å². The van der Waals surface area contributed by atoms with Crippen LogP contribution >= 0.6 is 25.3 Å². The number of rotatable bonds is 2. The van der Waals surface area contributed by atoms with E-state index in [0.29, 0.717) is 11.6 Å². The SMILES string of the molecule is Nc1cc[n+](C2CSC(CO)O2)c(=O)[nH]1.S. The lowest BCUT2D eigenvalue weighted by atomic mass is 10.5. The van der Waals surface area contributed by atoms with Gasteiger partial charge in [0.25, 0.3) is 0 Å². The molecule has 0 amide bonds. The first-order chi connectivity index (χ1) is 7.20. The number of nitrogens with two attached hydrogens (primary N) is 1. The van der Waals surface area contributed by atoms with Crippen LogP contribution in [0.1, 0.15) is 6.23 Å². The number of aliphatic hydroxyl groups excluding tert-OH is 1. The third-order valence-electron chi connectivity index (χ3n) is 2.09. The fourth-order valence-corrected chi connectivity index (χ4v) is 2.30. The molecule has 0 bridgehead atoms. The second-order valence-corrected chi connectivity index (χ2v) is 4.34. The number of aromatic amines is 1. The lowest BCUT2D eigenvalue weighted by Crippen LogP contribution is -2.55. The molecule has 1 aliphatic rings. The van der Waals surface area contributed by atoms with Crippen LogP contribution in [-0.4, -0.2) is 27.9 Å². The molecule has 6 nitrogen and oxygen atoms in total. The largest absolute Gasteiger partial charge is 0.499 e. The van der Waals surface area contributed by atoms with Gasteiger partial charge >= 0.3 is 5.69 Å². The van der Waals surface area contributed by atoms with E-state index in [1.807, 2.05) is 0 Å². The summed E-state index contributed by atoms with van der Waals surface area (Å²) in [6, 6.07) is 1.60. The Morgan fingerprint density at radius 1 is 1.75 bits per heavy atom. The molecule has 90 valence electrons. The highest BCUT2D eigenvalue weighted by atomic mass is 32.2. The Kier molecular flexibility index (Phi) is 4.66. The maximum Gasteiger partial charge on any atom is 0.499 e. The summed E-state index contributed by atoms with van der Waals surface area (Å²) in [6.07, 6.45) is 1.25. The van der Waals surface area contributed by atoms with Crippen LogP contribution in [-0.2, 0) is 4.74 Å². The molecule has 0 spiro atoms. The Hall–Kier alpha value is -0.700. The first-order valence-electron chi connectivity index (χ1n) is 4.48. The van der Waals surface area contributed by atoms with Crippen LogP contribution in [0.5, 0.6) is 0 Å². The summed E-state index contributed by atoms with van der Waals surface area (Å²) in [7, 11) is 0. The van der Waals surface area contributed by atoms with Gasteiger partial charge in [0.2, 0.25) is 6.23 Å². The van der Waals surface area contributed by atoms with Gasteiger partial charge in [-0.15, -0.1) is 11.8 Å². The average Bonchev–Trinajstić information content (AvgIpc) is 2.66. The summed E-state index contributed by atoms with van der Waals surface area (Å²) in [4.78, 5) is 14.0. The van der Waals surface area contributed by atoms with Crippen molar-refractivity contribution in [3.05, 3.63) is 22.7 Å². The van der Waals surface area contributed by atoms with Crippen molar-refractivity contribution in [1.29, 1.82) is 0 Å². The molecule has 8 heteroatoms. The fourth-order valence-electron chi connectivity index (χ4n) is 1.37. The zero-order chi connectivity index (χ0) is 10.8. The standard InChI is InChI=1S/C8H11N3O3S.H2S/c9-5-1-2-11(8(13)10-5)6-4-15-7(3-12)14-6;/h1-2,6-7,12H,3-4H2,(H2,9,10,13);1H2/p+1. The van der Waals surface area contributed by atoms with Crippen LogP contribution in [0.4, 0.5) is 5.82 Å². The summed E-state index contributed by atoms with van der Waals surface area (Å²) in [5.74, 6) is 0.962. The summed E-state index contributed by atoms with van der Waals surface area (Å²) >= 11 is 1.48. The number of aromatic nitrogens is 2. The van der Waals surface area contributed by atoms with E-state index < -0.39 is 0 Å². The van der Waals surface area contributed by atoms with Gasteiger partial charge in [-0.1, -0.05) is 0 Å². The highest BCUT2D eigenvalue weighted by molar-refractivity contribution is 8.00. The molecule has 1 saturated heterocycles. The minimum atomic E-state index is -0.337. The van der Waals surface area contributed by atoms with E-state index in [9.17, 15) is 4.79 Å². The monoisotopic (exact) mass is 264 g/mol. The second-order valence-electron chi connectivity index (χ2n) is 3.14. The molecule has 2 unspecified atom stereocenters. The Labute approximate surface area is 103 Å². The van der Waals surface area contributed by atoms with Crippen LogP contribution in [0.2, 0.25) is 0 Å². The molecule has 2 rings (SSSR count). The number of nitrogens with zero attached hydrogens (tertiary/aromatic N) is 1. The van der Waals surface area contributed by atoms with E-state index >= 15 is 0 Å². The molecule has 16 heavy (non-hydrogen) atoms. The second kappa shape index (κ2) is 5.58.